The molecule has 23 heavy (non-hydrogen) atoms. The number of alkyl carbamates (subject to hydrolysis) is 1. The molecule has 0 bridgehead atoms. The molecule has 0 aliphatic rings. The van der Waals surface area contributed by atoms with Gasteiger partial charge in [-0.15, -0.1) is 0 Å². The molecule has 0 spiro atoms. The highest BCUT2D eigenvalue weighted by molar-refractivity contribution is 6.74. The van der Waals surface area contributed by atoms with E-state index in [9.17, 15) is 9.90 Å². The van der Waals surface area contributed by atoms with Crippen molar-refractivity contribution in [2.24, 2.45) is 0 Å². The molecule has 0 aliphatic heterocycles. The zero-order valence-corrected chi connectivity index (χ0v) is 17.0. The van der Waals surface area contributed by atoms with Crippen LogP contribution in [0.25, 0.3) is 0 Å². The number of hydrogen-bond acceptors (Lipinski definition) is 5. The highest BCUT2D eigenvalue weighted by atomic mass is 28.4. The molecule has 138 valence electrons. The van der Waals surface area contributed by atoms with E-state index in [4.69, 9.17) is 13.9 Å². The third-order valence-electron chi connectivity index (χ3n) is 3.76. The number of aliphatic hydroxyl groups is 1. The average molecular weight is 350 g/mol. The Balaban J connectivity index is 4.04. The summed E-state index contributed by atoms with van der Waals surface area (Å²) in [4.78, 5) is 11.6. The lowest BCUT2D eigenvalue weighted by Gasteiger charge is -2.36. The van der Waals surface area contributed by atoms with E-state index in [1.807, 2.05) is 0 Å². The van der Waals surface area contributed by atoms with Gasteiger partial charge in [0, 0.05) is 0 Å². The van der Waals surface area contributed by atoms with Gasteiger partial charge in [0.25, 0.3) is 0 Å². The zero-order chi connectivity index (χ0) is 18.3. The van der Waals surface area contributed by atoms with Crippen molar-refractivity contribution in [3.63, 3.8) is 0 Å². The van der Waals surface area contributed by atoms with E-state index in [0.717, 1.165) is 0 Å². The molecule has 6 nitrogen and oxygen atoms in total. The van der Waals surface area contributed by atoms with Crippen LogP contribution in [0.5, 0.6) is 0 Å². The van der Waals surface area contributed by atoms with Crippen LogP contribution in [0.1, 0.15) is 41.5 Å². The maximum absolute atomic E-state index is 11.6. The Morgan fingerprint density at radius 2 is 1.70 bits per heavy atom. The number of hydrogen-bond donors (Lipinski definition) is 2. The molecule has 1 atom stereocenters. The molecule has 7 heteroatoms. The summed E-state index contributed by atoms with van der Waals surface area (Å²) in [6, 6.07) is -0.488. The van der Waals surface area contributed by atoms with Crippen LogP contribution in [0.3, 0.4) is 0 Å². The standard InChI is InChI=1S/C16H35NO5Si/c1-15(2,3)22-14(19)17-13(11-18)12-20-9-10-21-23(7,8)16(4,5)6/h13,18H,9-12H2,1-8H3,(H,17,19). The first-order valence-corrected chi connectivity index (χ1v) is 11.0. The van der Waals surface area contributed by atoms with Crippen LogP contribution in [-0.2, 0) is 13.9 Å². The number of amides is 1. The molecule has 0 aromatic carbocycles. The van der Waals surface area contributed by atoms with Crippen molar-refractivity contribution < 1.29 is 23.8 Å². The molecule has 0 fully saturated rings. The van der Waals surface area contributed by atoms with E-state index in [0.29, 0.717) is 13.2 Å². The summed E-state index contributed by atoms with van der Waals surface area (Å²) in [5.74, 6) is 0. The molecule has 2 N–H and O–H groups in total. The molecule has 0 aromatic rings. The van der Waals surface area contributed by atoms with Crippen molar-refractivity contribution in [2.45, 2.75) is 71.3 Å². The Bertz CT molecular complexity index is 360. The fraction of sp³-hybridized carbons (Fsp3) is 0.938. The fourth-order valence-corrected chi connectivity index (χ4v) is 2.44. The lowest BCUT2D eigenvalue weighted by atomic mass is 10.2. The first-order valence-electron chi connectivity index (χ1n) is 8.10. The van der Waals surface area contributed by atoms with Crippen LogP contribution < -0.4 is 5.32 Å². The third kappa shape index (κ3) is 9.96. The van der Waals surface area contributed by atoms with E-state index in [1.54, 1.807) is 20.8 Å². The SMILES string of the molecule is CC(C)(C)OC(=O)NC(CO)COCCO[Si](C)(C)C(C)(C)C. The monoisotopic (exact) mass is 349 g/mol. The van der Waals surface area contributed by atoms with E-state index in [2.05, 4.69) is 39.2 Å². The normalized spacial score (nSPS) is 14.5. The summed E-state index contributed by atoms with van der Waals surface area (Å²) in [6.07, 6.45) is -0.558. The first kappa shape index (κ1) is 22.4. The number of carbonyl (C=O) groups excluding carboxylic acids is 1. The number of carbonyl (C=O) groups is 1. The zero-order valence-electron chi connectivity index (χ0n) is 16.0. The topological polar surface area (TPSA) is 77.0 Å². The number of nitrogens with one attached hydrogen (secondary N) is 1. The van der Waals surface area contributed by atoms with Crippen LogP contribution in [-0.4, -0.2) is 57.6 Å². The van der Waals surface area contributed by atoms with Crippen molar-refractivity contribution in [2.75, 3.05) is 26.4 Å². The molecule has 0 radical (unpaired) electrons. The molecule has 0 rings (SSSR count). The molecule has 1 amide bonds. The quantitative estimate of drug-likeness (QED) is 0.520. The average Bonchev–Trinajstić information content (AvgIpc) is 2.33. The van der Waals surface area contributed by atoms with Crippen molar-refractivity contribution in [1.82, 2.24) is 5.32 Å². The predicted molar refractivity (Wildman–Crippen MR) is 94.2 cm³/mol. The number of rotatable bonds is 8. The van der Waals surface area contributed by atoms with Gasteiger partial charge in [-0.3, -0.25) is 0 Å². The maximum Gasteiger partial charge on any atom is 0.408 e. The van der Waals surface area contributed by atoms with Crippen molar-refractivity contribution in [1.29, 1.82) is 0 Å². The summed E-state index contributed by atoms with van der Waals surface area (Å²) >= 11 is 0. The Kier molecular flexibility index (Phi) is 8.76. The van der Waals surface area contributed by atoms with Gasteiger partial charge in [-0.25, -0.2) is 4.79 Å². The molecule has 0 saturated heterocycles. The van der Waals surface area contributed by atoms with Gasteiger partial charge in [0.2, 0.25) is 0 Å². The van der Waals surface area contributed by atoms with Gasteiger partial charge < -0.3 is 24.3 Å². The van der Waals surface area contributed by atoms with E-state index in [1.165, 1.54) is 0 Å². The molecule has 1 unspecified atom stereocenters. The Hall–Kier alpha value is -0.633. The van der Waals surface area contributed by atoms with Crippen molar-refractivity contribution in [3.05, 3.63) is 0 Å². The Morgan fingerprint density at radius 1 is 1.13 bits per heavy atom. The lowest BCUT2D eigenvalue weighted by molar-refractivity contribution is 0.0347. The van der Waals surface area contributed by atoms with E-state index in [-0.39, 0.29) is 18.3 Å². The van der Waals surface area contributed by atoms with Gasteiger partial charge in [-0.05, 0) is 38.9 Å². The molecular formula is C16H35NO5Si. The highest BCUT2D eigenvalue weighted by Crippen LogP contribution is 2.36. The second kappa shape index (κ2) is 9.01. The minimum atomic E-state index is -1.76. The molecule has 0 aromatic heterocycles. The van der Waals surface area contributed by atoms with Gasteiger partial charge in [0.05, 0.1) is 32.5 Å². The van der Waals surface area contributed by atoms with Gasteiger partial charge in [0.1, 0.15) is 5.60 Å². The Labute approximate surface area is 142 Å². The summed E-state index contributed by atoms with van der Waals surface area (Å²) < 4.78 is 16.6. The fourth-order valence-electron chi connectivity index (χ4n) is 1.41. The van der Waals surface area contributed by atoms with Crippen molar-refractivity contribution >= 4 is 14.4 Å². The minimum Gasteiger partial charge on any atom is -0.444 e. The number of ether oxygens (including phenoxy) is 2. The smallest absolute Gasteiger partial charge is 0.408 e. The summed E-state index contributed by atoms with van der Waals surface area (Å²) in [7, 11) is -1.76. The van der Waals surface area contributed by atoms with Crippen LogP contribution >= 0.6 is 0 Å². The summed E-state index contributed by atoms with van der Waals surface area (Å²) in [5.41, 5.74) is -0.568. The maximum atomic E-state index is 11.6. The van der Waals surface area contributed by atoms with Gasteiger partial charge in [-0.2, -0.15) is 0 Å². The van der Waals surface area contributed by atoms with E-state index >= 15 is 0 Å². The van der Waals surface area contributed by atoms with Gasteiger partial charge in [0.15, 0.2) is 8.32 Å². The Morgan fingerprint density at radius 3 is 2.13 bits per heavy atom. The molecular weight excluding hydrogens is 314 g/mol. The molecule has 0 saturated carbocycles. The second-order valence-electron chi connectivity index (χ2n) is 8.21. The minimum absolute atomic E-state index is 0.166. The first-order chi connectivity index (χ1) is 10.3. The predicted octanol–water partition coefficient (Wildman–Crippen LogP) is 2.91. The number of aliphatic hydroxyl groups excluding tert-OH is 1. The van der Waals surface area contributed by atoms with Crippen LogP contribution in [0, 0.1) is 0 Å². The highest BCUT2D eigenvalue weighted by Gasteiger charge is 2.36. The lowest BCUT2D eigenvalue weighted by Crippen LogP contribution is -2.44. The van der Waals surface area contributed by atoms with Crippen molar-refractivity contribution in [3.8, 4) is 0 Å². The third-order valence-corrected chi connectivity index (χ3v) is 8.30. The molecule has 0 heterocycles. The van der Waals surface area contributed by atoms with E-state index < -0.39 is 26.1 Å². The second-order valence-corrected chi connectivity index (χ2v) is 13.0. The largest absolute Gasteiger partial charge is 0.444 e. The van der Waals surface area contributed by atoms with Crippen LogP contribution in [0.2, 0.25) is 18.1 Å². The van der Waals surface area contributed by atoms with Gasteiger partial charge >= 0.3 is 6.09 Å². The van der Waals surface area contributed by atoms with Gasteiger partial charge in [-0.1, -0.05) is 20.8 Å². The van der Waals surface area contributed by atoms with Crippen LogP contribution in [0.15, 0.2) is 0 Å². The summed E-state index contributed by atoms with van der Waals surface area (Å²) in [5, 5.41) is 12.0. The molecule has 0 aliphatic carbocycles. The summed E-state index contributed by atoms with van der Waals surface area (Å²) in [6.45, 7) is 17.3. The van der Waals surface area contributed by atoms with Crippen LogP contribution in [0.4, 0.5) is 4.79 Å².